The highest BCUT2D eigenvalue weighted by molar-refractivity contribution is 7.14. The van der Waals surface area contributed by atoms with E-state index in [1.807, 2.05) is 43.5 Å². The van der Waals surface area contributed by atoms with E-state index in [-0.39, 0.29) is 6.03 Å². The van der Waals surface area contributed by atoms with Gasteiger partial charge in [-0.25, -0.2) is 9.78 Å². The molecule has 1 heterocycles. The van der Waals surface area contributed by atoms with Crippen molar-refractivity contribution in [2.75, 3.05) is 10.6 Å². The van der Waals surface area contributed by atoms with Gasteiger partial charge in [0.25, 0.3) is 0 Å². The van der Waals surface area contributed by atoms with Crippen LogP contribution >= 0.6 is 11.3 Å². The van der Waals surface area contributed by atoms with Crippen molar-refractivity contribution in [3.05, 3.63) is 64.5 Å². The molecule has 4 nitrogen and oxygen atoms in total. The van der Waals surface area contributed by atoms with Crippen LogP contribution in [0.25, 0.3) is 11.3 Å². The first-order chi connectivity index (χ1) is 11.5. The summed E-state index contributed by atoms with van der Waals surface area (Å²) in [6.45, 7) is 6.06. The van der Waals surface area contributed by atoms with Gasteiger partial charge in [-0.2, -0.15) is 0 Å². The molecule has 0 spiro atoms. The van der Waals surface area contributed by atoms with E-state index in [0.29, 0.717) is 5.13 Å². The fourth-order valence-electron chi connectivity index (χ4n) is 2.49. The smallest absolute Gasteiger partial charge is 0.308 e. The topological polar surface area (TPSA) is 54.0 Å². The van der Waals surface area contributed by atoms with Gasteiger partial charge in [0.15, 0.2) is 5.13 Å². The summed E-state index contributed by atoms with van der Waals surface area (Å²) >= 11 is 1.41. The highest BCUT2D eigenvalue weighted by Crippen LogP contribution is 2.25. The SMILES string of the molecule is Cc1ccc(-c2csc(NC(=O)Nc3cc(C)cc(C)c3)n2)cc1. The van der Waals surface area contributed by atoms with E-state index in [2.05, 4.69) is 40.7 Å². The van der Waals surface area contributed by atoms with E-state index in [4.69, 9.17) is 0 Å². The molecule has 0 saturated heterocycles. The van der Waals surface area contributed by atoms with Crippen molar-refractivity contribution in [1.82, 2.24) is 4.98 Å². The number of carbonyl (C=O) groups is 1. The Hall–Kier alpha value is -2.66. The monoisotopic (exact) mass is 337 g/mol. The summed E-state index contributed by atoms with van der Waals surface area (Å²) in [4.78, 5) is 16.6. The van der Waals surface area contributed by atoms with Gasteiger partial charge in [0.05, 0.1) is 5.69 Å². The zero-order valence-corrected chi connectivity index (χ0v) is 14.7. The number of rotatable bonds is 3. The fourth-order valence-corrected chi connectivity index (χ4v) is 3.21. The highest BCUT2D eigenvalue weighted by Gasteiger charge is 2.08. The molecule has 1 aromatic heterocycles. The van der Waals surface area contributed by atoms with Crippen LogP contribution in [0, 0.1) is 20.8 Å². The van der Waals surface area contributed by atoms with E-state index in [9.17, 15) is 4.79 Å². The van der Waals surface area contributed by atoms with Crippen molar-refractivity contribution >= 4 is 28.2 Å². The molecule has 0 bridgehead atoms. The van der Waals surface area contributed by atoms with E-state index in [1.165, 1.54) is 16.9 Å². The van der Waals surface area contributed by atoms with Crippen LogP contribution in [-0.2, 0) is 0 Å². The number of carbonyl (C=O) groups excluding carboxylic acids is 1. The molecule has 0 aliphatic heterocycles. The van der Waals surface area contributed by atoms with Gasteiger partial charge in [-0.1, -0.05) is 35.9 Å². The maximum atomic E-state index is 12.1. The molecule has 0 unspecified atom stereocenters. The minimum Gasteiger partial charge on any atom is -0.308 e. The van der Waals surface area contributed by atoms with Crippen LogP contribution in [0.2, 0.25) is 0 Å². The van der Waals surface area contributed by atoms with Crippen LogP contribution in [0.1, 0.15) is 16.7 Å². The Kier molecular flexibility index (Phi) is 4.62. The summed E-state index contributed by atoms with van der Waals surface area (Å²) < 4.78 is 0. The first kappa shape index (κ1) is 16.2. The van der Waals surface area contributed by atoms with Crippen molar-refractivity contribution in [2.24, 2.45) is 0 Å². The molecule has 0 aliphatic rings. The van der Waals surface area contributed by atoms with Gasteiger partial charge >= 0.3 is 6.03 Å². The Morgan fingerprint density at radius 3 is 2.25 bits per heavy atom. The van der Waals surface area contributed by atoms with Crippen molar-refractivity contribution in [3.8, 4) is 11.3 Å². The summed E-state index contributed by atoms with van der Waals surface area (Å²) in [6, 6.07) is 13.8. The van der Waals surface area contributed by atoms with Gasteiger partial charge in [0.1, 0.15) is 0 Å². The van der Waals surface area contributed by atoms with Crippen molar-refractivity contribution in [3.63, 3.8) is 0 Å². The molecule has 0 aliphatic carbocycles. The molecule has 122 valence electrons. The average Bonchev–Trinajstić information content (AvgIpc) is 2.95. The number of aryl methyl sites for hydroxylation is 3. The maximum absolute atomic E-state index is 12.1. The fraction of sp³-hybridized carbons (Fsp3) is 0.158. The second kappa shape index (κ2) is 6.84. The zero-order chi connectivity index (χ0) is 17.1. The minimum absolute atomic E-state index is 0.287. The predicted octanol–water partition coefficient (Wildman–Crippen LogP) is 5.38. The lowest BCUT2D eigenvalue weighted by Crippen LogP contribution is -2.19. The van der Waals surface area contributed by atoms with E-state index < -0.39 is 0 Å². The largest absolute Gasteiger partial charge is 0.325 e. The number of hydrogen-bond donors (Lipinski definition) is 2. The Morgan fingerprint density at radius 1 is 0.917 bits per heavy atom. The summed E-state index contributed by atoms with van der Waals surface area (Å²) in [5.41, 5.74) is 6.11. The molecule has 5 heteroatoms. The lowest BCUT2D eigenvalue weighted by Gasteiger charge is -2.07. The van der Waals surface area contributed by atoms with Crippen LogP contribution in [0.5, 0.6) is 0 Å². The van der Waals surface area contributed by atoms with Crippen LogP contribution in [-0.4, -0.2) is 11.0 Å². The minimum atomic E-state index is -0.287. The molecule has 0 saturated carbocycles. The maximum Gasteiger partial charge on any atom is 0.325 e. The number of urea groups is 1. The number of benzene rings is 2. The molecular formula is C19H19N3OS. The molecule has 0 fully saturated rings. The molecule has 2 N–H and O–H groups in total. The summed E-state index contributed by atoms with van der Waals surface area (Å²) in [5.74, 6) is 0. The van der Waals surface area contributed by atoms with Gasteiger partial charge < -0.3 is 5.32 Å². The summed E-state index contributed by atoms with van der Waals surface area (Å²) in [7, 11) is 0. The van der Waals surface area contributed by atoms with Crippen LogP contribution in [0.3, 0.4) is 0 Å². The Labute approximate surface area is 145 Å². The quantitative estimate of drug-likeness (QED) is 0.674. The normalized spacial score (nSPS) is 10.5. The molecular weight excluding hydrogens is 318 g/mol. The molecule has 3 aromatic rings. The number of aromatic nitrogens is 1. The molecule has 24 heavy (non-hydrogen) atoms. The van der Waals surface area contributed by atoms with Crippen molar-refractivity contribution in [1.29, 1.82) is 0 Å². The van der Waals surface area contributed by atoms with E-state index in [0.717, 1.165) is 28.1 Å². The van der Waals surface area contributed by atoms with Gasteiger partial charge in [-0.15, -0.1) is 11.3 Å². The molecule has 2 aromatic carbocycles. The van der Waals surface area contributed by atoms with E-state index in [1.54, 1.807) is 0 Å². The van der Waals surface area contributed by atoms with Gasteiger partial charge in [0, 0.05) is 16.6 Å². The Balaban J connectivity index is 1.68. The number of hydrogen-bond acceptors (Lipinski definition) is 3. The Morgan fingerprint density at radius 2 is 1.58 bits per heavy atom. The molecule has 0 radical (unpaired) electrons. The summed E-state index contributed by atoms with van der Waals surface area (Å²) in [6.07, 6.45) is 0. The van der Waals surface area contributed by atoms with Crippen LogP contribution < -0.4 is 10.6 Å². The zero-order valence-electron chi connectivity index (χ0n) is 13.9. The first-order valence-electron chi connectivity index (χ1n) is 7.68. The van der Waals surface area contributed by atoms with Gasteiger partial charge in [0.2, 0.25) is 0 Å². The number of amides is 2. The van der Waals surface area contributed by atoms with Crippen molar-refractivity contribution in [2.45, 2.75) is 20.8 Å². The standard InChI is InChI=1S/C19H19N3OS/c1-12-4-6-15(7-5-12)17-11-24-19(21-17)22-18(23)20-16-9-13(2)8-14(3)10-16/h4-11H,1-3H3,(H2,20,21,22,23). The molecule has 2 amide bonds. The van der Waals surface area contributed by atoms with Gasteiger partial charge in [-0.3, -0.25) is 5.32 Å². The number of nitrogens with zero attached hydrogens (tertiary/aromatic N) is 1. The van der Waals surface area contributed by atoms with Gasteiger partial charge in [-0.05, 0) is 44.0 Å². The molecule has 3 rings (SSSR count). The van der Waals surface area contributed by atoms with Crippen LogP contribution in [0.15, 0.2) is 47.8 Å². The average molecular weight is 337 g/mol. The molecule has 0 atom stereocenters. The number of thiazole rings is 1. The highest BCUT2D eigenvalue weighted by atomic mass is 32.1. The second-order valence-corrected chi connectivity index (χ2v) is 6.72. The number of nitrogens with one attached hydrogen (secondary N) is 2. The van der Waals surface area contributed by atoms with E-state index >= 15 is 0 Å². The van der Waals surface area contributed by atoms with Crippen molar-refractivity contribution < 1.29 is 4.79 Å². The second-order valence-electron chi connectivity index (χ2n) is 5.86. The van der Waals surface area contributed by atoms with Crippen LogP contribution in [0.4, 0.5) is 15.6 Å². The predicted molar refractivity (Wildman–Crippen MR) is 101 cm³/mol. The Bertz CT molecular complexity index is 848. The third kappa shape index (κ3) is 4.00. The number of anilines is 2. The first-order valence-corrected chi connectivity index (χ1v) is 8.56. The third-order valence-corrected chi connectivity index (χ3v) is 4.31. The summed E-state index contributed by atoms with van der Waals surface area (Å²) in [5, 5.41) is 8.15. The third-order valence-electron chi connectivity index (χ3n) is 3.55. The lowest BCUT2D eigenvalue weighted by molar-refractivity contribution is 0.262. The lowest BCUT2D eigenvalue weighted by atomic mass is 10.1.